The standard InChI is InChI=1S/C10H11F3NO/c1-14(2)6-7-3-8(10(11,12)13)5-9(15)4-7/h3-5,15H,1,6H2,2H3/q-1. The van der Waals surface area contributed by atoms with E-state index in [-0.39, 0.29) is 12.3 Å². The van der Waals surface area contributed by atoms with Crippen LogP contribution in [0.4, 0.5) is 13.2 Å². The summed E-state index contributed by atoms with van der Waals surface area (Å²) in [4.78, 5) is 1.48. The van der Waals surface area contributed by atoms with Gasteiger partial charge in [-0.2, -0.15) is 13.2 Å². The van der Waals surface area contributed by atoms with Gasteiger partial charge in [-0.25, -0.2) is 0 Å². The van der Waals surface area contributed by atoms with E-state index in [0.29, 0.717) is 11.6 Å². The minimum Gasteiger partial charge on any atom is -0.508 e. The van der Waals surface area contributed by atoms with Crippen LogP contribution in [0.2, 0.25) is 0 Å². The molecule has 1 rings (SSSR count). The maximum atomic E-state index is 12.3. The summed E-state index contributed by atoms with van der Waals surface area (Å²) >= 11 is 0. The molecule has 0 radical (unpaired) electrons. The normalized spacial score (nSPS) is 12.1. The number of phenols is 1. The van der Waals surface area contributed by atoms with Crippen LogP contribution >= 0.6 is 0 Å². The van der Waals surface area contributed by atoms with E-state index in [9.17, 15) is 13.2 Å². The number of aromatic hydroxyl groups is 1. The first-order valence-electron chi connectivity index (χ1n) is 4.21. The highest BCUT2D eigenvalue weighted by Crippen LogP contribution is 2.32. The fourth-order valence-corrected chi connectivity index (χ4v) is 1.24. The van der Waals surface area contributed by atoms with Crippen molar-refractivity contribution in [1.82, 2.24) is 4.90 Å². The number of phenolic OH excluding ortho intramolecular Hbond substituents is 1. The van der Waals surface area contributed by atoms with Crippen molar-refractivity contribution < 1.29 is 18.3 Å². The van der Waals surface area contributed by atoms with Crippen molar-refractivity contribution in [3.05, 3.63) is 36.4 Å². The quantitative estimate of drug-likeness (QED) is 0.771. The summed E-state index contributed by atoms with van der Waals surface area (Å²) < 4.78 is 37.0. The van der Waals surface area contributed by atoms with Crippen LogP contribution in [-0.2, 0) is 12.7 Å². The number of benzene rings is 1. The summed E-state index contributed by atoms with van der Waals surface area (Å²) in [5, 5.41) is 9.13. The average Bonchev–Trinajstić information content (AvgIpc) is 1.99. The van der Waals surface area contributed by atoms with E-state index in [0.717, 1.165) is 6.07 Å². The van der Waals surface area contributed by atoms with E-state index >= 15 is 0 Å². The SMILES string of the molecule is [CH2-]N(C)Cc1cc(O)cc(C(F)(F)F)c1. The number of rotatable bonds is 2. The van der Waals surface area contributed by atoms with Gasteiger partial charge in [0.2, 0.25) is 0 Å². The number of hydrogen-bond acceptors (Lipinski definition) is 2. The molecule has 0 aliphatic rings. The second kappa shape index (κ2) is 4.10. The molecular formula is C10H11F3NO-. The second-order valence-electron chi connectivity index (χ2n) is 3.40. The first-order valence-corrected chi connectivity index (χ1v) is 4.21. The van der Waals surface area contributed by atoms with Crippen molar-refractivity contribution >= 4 is 0 Å². The lowest BCUT2D eigenvalue weighted by Crippen LogP contribution is -2.10. The Bertz CT molecular complexity index is 347. The van der Waals surface area contributed by atoms with Gasteiger partial charge in [-0.15, -0.1) is 0 Å². The Labute approximate surface area is 85.9 Å². The lowest BCUT2D eigenvalue weighted by atomic mass is 10.1. The summed E-state index contributed by atoms with van der Waals surface area (Å²) in [7, 11) is 5.16. The van der Waals surface area contributed by atoms with Gasteiger partial charge in [-0.3, -0.25) is 7.05 Å². The molecule has 0 fully saturated rings. The molecule has 2 nitrogen and oxygen atoms in total. The topological polar surface area (TPSA) is 23.5 Å². The highest BCUT2D eigenvalue weighted by atomic mass is 19.4. The van der Waals surface area contributed by atoms with Gasteiger partial charge in [0.05, 0.1) is 5.56 Å². The second-order valence-corrected chi connectivity index (χ2v) is 3.40. The van der Waals surface area contributed by atoms with Gasteiger partial charge in [0.1, 0.15) is 5.75 Å². The summed E-state index contributed by atoms with van der Waals surface area (Å²) in [5.74, 6) is -0.387. The van der Waals surface area contributed by atoms with Crippen LogP contribution in [0.25, 0.3) is 0 Å². The minimum atomic E-state index is -4.44. The zero-order valence-electron chi connectivity index (χ0n) is 8.17. The summed E-state index contributed by atoms with van der Waals surface area (Å²) in [5.41, 5.74) is -0.473. The molecule has 0 atom stereocenters. The van der Waals surface area contributed by atoms with E-state index in [1.807, 2.05) is 0 Å². The van der Waals surface area contributed by atoms with Crippen molar-refractivity contribution in [2.75, 3.05) is 7.05 Å². The van der Waals surface area contributed by atoms with Crippen LogP contribution in [0, 0.1) is 7.05 Å². The maximum Gasteiger partial charge on any atom is 0.416 e. The van der Waals surface area contributed by atoms with Crippen LogP contribution in [0.1, 0.15) is 11.1 Å². The molecule has 0 spiro atoms. The van der Waals surface area contributed by atoms with E-state index in [2.05, 4.69) is 7.05 Å². The van der Waals surface area contributed by atoms with Gasteiger partial charge in [0.15, 0.2) is 0 Å². The monoisotopic (exact) mass is 218 g/mol. The lowest BCUT2D eigenvalue weighted by molar-refractivity contribution is -0.137. The van der Waals surface area contributed by atoms with E-state index < -0.39 is 11.7 Å². The van der Waals surface area contributed by atoms with Crippen molar-refractivity contribution in [2.24, 2.45) is 0 Å². The third kappa shape index (κ3) is 3.43. The zero-order valence-corrected chi connectivity index (χ0v) is 8.17. The highest BCUT2D eigenvalue weighted by molar-refractivity contribution is 5.35. The van der Waals surface area contributed by atoms with Crippen molar-refractivity contribution in [1.29, 1.82) is 0 Å². The van der Waals surface area contributed by atoms with Crippen LogP contribution < -0.4 is 0 Å². The molecule has 0 aromatic heterocycles. The van der Waals surface area contributed by atoms with E-state index in [1.165, 1.54) is 11.0 Å². The Morgan fingerprint density at radius 1 is 1.33 bits per heavy atom. The fraction of sp³-hybridized carbons (Fsp3) is 0.300. The molecule has 0 heterocycles. The maximum absolute atomic E-state index is 12.3. The molecule has 1 N–H and O–H groups in total. The Morgan fingerprint density at radius 2 is 1.93 bits per heavy atom. The summed E-state index contributed by atoms with van der Waals surface area (Å²) in [6.07, 6.45) is -4.44. The highest BCUT2D eigenvalue weighted by Gasteiger charge is 2.31. The number of nitrogens with zero attached hydrogens (tertiary/aromatic N) is 1. The van der Waals surface area contributed by atoms with E-state index in [4.69, 9.17) is 5.11 Å². The predicted octanol–water partition coefficient (Wildman–Crippen LogP) is 2.63. The molecule has 0 bridgehead atoms. The van der Waals surface area contributed by atoms with Gasteiger partial charge in [-0.05, 0) is 37.4 Å². The van der Waals surface area contributed by atoms with Gasteiger partial charge in [0.25, 0.3) is 0 Å². The first kappa shape index (κ1) is 11.8. The molecule has 1 aromatic carbocycles. The molecule has 0 unspecified atom stereocenters. The van der Waals surface area contributed by atoms with Crippen LogP contribution in [-0.4, -0.2) is 17.1 Å². The molecular weight excluding hydrogens is 207 g/mol. The molecule has 0 saturated heterocycles. The third-order valence-corrected chi connectivity index (χ3v) is 1.76. The van der Waals surface area contributed by atoms with Crippen LogP contribution in [0.5, 0.6) is 5.75 Å². The largest absolute Gasteiger partial charge is 0.508 e. The van der Waals surface area contributed by atoms with Crippen molar-refractivity contribution in [2.45, 2.75) is 12.7 Å². The lowest BCUT2D eigenvalue weighted by Gasteiger charge is -2.19. The molecule has 0 amide bonds. The van der Waals surface area contributed by atoms with Crippen LogP contribution in [0.3, 0.4) is 0 Å². The molecule has 84 valence electrons. The molecule has 5 heteroatoms. The Kier molecular flexibility index (Phi) is 3.24. The summed E-state index contributed by atoms with van der Waals surface area (Å²) in [6.45, 7) is 0.248. The number of hydrogen-bond donors (Lipinski definition) is 1. The third-order valence-electron chi connectivity index (χ3n) is 1.76. The van der Waals surface area contributed by atoms with Crippen molar-refractivity contribution in [3.8, 4) is 5.75 Å². The minimum absolute atomic E-state index is 0.248. The Balaban J connectivity index is 3.06. The molecule has 1 aromatic rings. The molecule has 0 aliphatic heterocycles. The average molecular weight is 218 g/mol. The van der Waals surface area contributed by atoms with Gasteiger partial charge >= 0.3 is 6.18 Å². The smallest absolute Gasteiger partial charge is 0.416 e. The Hall–Kier alpha value is -1.23. The zero-order chi connectivity index (χ0) is 11.6. The number of alkyl halides is 3. The van der Waals surface area contributed by atoms with Gasteiger partial charge in [0, 0.05) is 0 Å². The molecule has 15 heavy (non-hydrogen) atoms. The van der Waals surface area contributed by atoms with Crippen LogP contribution in [0.15, 0.2) is 18.2 Å². The predicted molar refractivity (Wildman–Crippen MR) is 49.9 cm³/mol. The first-order chi connectivity index (χ1) is 6.79. The fourth-order valence-electron chi connectivity index (χ4n) is 1.24. The van der Waals surface area contributed by atoms with E-state index in [1.54, 1.807) is 7.05 Å². The van der Waals surface area contributed by atoms with Gasteiger partial charge < -0.3 is 10.0 Å². The molecule has 0 aliphatic carbocycles. The number of halogens is 3. The Morgan fingerprint density at radius 3 is 2.40 bits per heavy atom. The molecule has 0 saturated carbocycles. The van der Waals surface area contributed by atoms with Crippen molar-refractivity contribution in [3.63, 3.8) is 0 Å². The summed E-state index contributed by atoms with van der Waals surface area (Å²) in [6, 6.07) is 2.99. The van der Waals surface area contributed by atoms with Gasteiger partial charge in [-0.1, -0.05) is 0 Å².